The van der Waals surface area contributed by atoms with Crippen molar-refractivity contribution in [3.63, 3.8) is 0 Å². The molecular formula is C17H17NO2. The number of Topliss-reactive ketones (excluding diaryl/α,β-unsaturated/α-hetero) is 1. The van der Waals surface area contributed by atoms with Crippen LogP contribution in [0.3, 0.4) is 0 Å². The number of para-hydroxylation sites is 1. The first kappa shape index (κ1) is 12.7. The molecule has 1 N–H and O–H groups in total. The molecular weight excluding hydrogens is 250 g/mol. The van der Waals surface area contributed by atoms with E-state index in [0.29, 0.717) is 13.0 Å². The number of benzene rings is 2. The molecule has 20 heavy (non-hydrogen) atoms. The molecule has 2 aromatic carbocycles. The molecule has 0 amide bonds. The average molecular weight is 267 g/mol. The number of carbonyl (C=O) groups excluding carboxylic acids is 1. The van der Waals surface area contributed by atoms with Gasteiger partial charge in [0.05, 0.1) is 12.6 Å². The van der Waals surface area contributed by atoms with Gasteiger partial charge in [-0.05, 0) is 36.8 Å². The van der Waals surface area contributed by atoms with Crippen LogP contribution in [0.4, 0.5) is 5.69 Å². The lowest BCUT2D eigenvalue weighted by atomic mass is 9.92. The molecule has 3 nitrogen and oxygen atoms in total. The van der Waals surface area contributed by atoms with E-state index in [9.17, 15) is 4.79 Å². The monoisotopic (exact) mass is 267 g/mol. The zero-order valence-electron chi connectivity index (χ0n) is 11.4. The summed E-state index contributed by atoms with van der Waals surface area (Å²) in [5.41, 5.74) is 2.81. The number of carbonyl (C=O) groups is 1. The Bertz CT molecular complexity index is 619. The van der Waals surface area contributed by atoms with Crippen LogP contribution >= 0.6 is 0 Å². The maximum absolute atomic E-state index is 12.2. The number of ketones is 1. The van der Waals surface area contributed by atoms with Gasteiger partial charge in [-0.1, -0.05) is 24.3 Å². The van der Waals surface area contributed by atoms with Gasteiger partial charge in [0, 0.05) is 17.7 Å². The number of ether oxygens (including phenoxy) is 1. The number of anilines is 1. The van der Waals surface area contributed by atoms with Gasteiger partial charge in [0.25, 0.3) is 0 Å². The molecule has 0 aliphatic carbocycles. The van der Waals surface area contributed by atoms with Crippen LogP contribution in [0.1, 0.15) is 35.3 Å². The molecule has 0 bridgehead atoms. The maximum atomic E-state index is 12.2. The average Bonchev–Trinajstić information content (AvgIpc) is 2.48. The van der Waals surface area contributed by atoms with Crippen LogP contribution in [-0.4, -0.2) is 12.4 Å². The summed E-state index contributed by atoms with van der Waals surface area (Å²) >= 11 is 0. The lowest BCUT2D eigenvalue weighted by Crippen LogP contribution is -2.22. The Kier molecular flexibility index (Phi) is 3.42. The predicted octanol–water partition coefficient (Wildman–Crippen LogP) is 3.82. The van der Waals surface area contributed by atoms with Crippen molar-refractivity contribution in [3.05, 3.63) is 59.7 Å². The highest BCUT2D eigenvalue weighted by atomic mass is 16.5. The standard InChI is InChI=1S/C17H17NO2/c1-2-20-13-9-7-12(8-10-13)16-11-17(19)14-5-3-4-6-15(14)18-16/h3-10,16,18H,2,11H2,1H3. The van der Waals surface area contributed by atoms with E-state index in [4.69, 9.17) is 4.74 Å². The summed E-state index contributed by atoms with van der Waals surface area (Å²) in [5.74, 6) is 1.05. The molecule has 0 fully saturated rings. The van der Waals surface area contributed by atoms with Gasteiger partial charge in [-0.25, -0.2) is 0 Å². The molecule has 3 heteroatoms. The molecule has 2 aromatic rings. The Hall–Kier alpha value is -2.29. The fourth-order valence-corrected chi connectivity index (χ4v) is 2.55. The van der Waals surface area contributed by atoms with Crippen LogP contribution in [0.5, 0.6) is 5.75 Å². The van der Waals surface area contributed by atoms with Gasteiger partial charge >= 0.3 is 0 Å². The second-order valence-corrected chi connectivity index (χ2v) is 4.87. The van der Waals surface area contributed by atoms with Crippen molar-refractivity contribution in [2.75, 3.05) is 11.9 Å². The van der Waals surface area contributed by atoms with Crippen molar-refractivity contribution in [3.8, 4) is 5.75 Å². The molecule has 1 aliphatic rings. The summed E-state index contributed by atoms with van der Waals surface area (Å²) in [5, 5.41) is 3.43. The lowest BCUT2D eigenvalue weighted by Gasteiger charge is -2.26. The third-order valence-electron chi connectivity index (χ3n) is 3.54. The molecule has 1 atom stereocenters. The van der Waals surface area contributed by atoms with Gasteiger partial charge < -0.3 is 10.1 Å². The first-order chi connectivity index (χ1) is 9.78. The van der Waals surface area contributed by atoms with Crippen molar-refractivity contribution >= 4 is 11.5 Å². The molecule has 1 unspecified atom stereocenters. The van der Waals surface area contributed by atoms with E-state index in [1.165, 1.54) is 0 Å². The van der Waals surface area contributed by atoms with Crippen molar-refractivity contribution < 1.29 is 9.53 Å². The van der Waals surface area contributed by atoms with Gasteiger partial charge in [0.2, 0.25) is 0 Å². The fourth-order valence-electron chi connectivity index (χ4n) is 2.55. The van der Waals surface area contributed by atoms with Crippen molar-refractivity contribution in [2.24, 2.45) is 0 Å². The minimum atomic E-state index is 0.0353. The molecule has 1 aliphatic heterocycles. The third kappa shape index (κ3) is 2.39. The predicted molar refractivity (Wildman–Crippen MR) is 79.4 cm³/mol. The minimum Gasteiger partial charge on any atom is -0.494 e. The van der Waals surface area contributed by atoms with E-state index < -0.39 is 0 Å². The Balaban J connectivity index is 1.84. The number of hydrogen-bond acceptors (Lipinski definition) is 3. The van der Waals surface area contributed by atoms with Crippen LogP contribution in [0, 0.1) is 0 Å². The van der Waals surface area contributed by atoms with E-state index in [-0.39, 0.29) is 11.8 Å². The summed E-state index contributed by atoms with van der Waals surface area (Å²) in [6.45, 7) is 2.62. The molecule has 0 aromatic heterocycles. The topological polar surface area (TPSA) is 38.3 Å². The van der Waals surface area contributed by atoms with E-state index >= 15 is 0 Å². The van der Waals surface area contributed by atoms with Crippen LogP contribution in [0.15, 0.2) is 48.5 Å². The summed E-state index contributed by atoms with van der Waals surface area (Å²) in [4.78, 5) is 12.2. The Morgan fingerprint density at radius 3 is 2.65 bits per heavy atom. The van der Waals surface area contributed by atoms with Gasteiger partial charge in [0.15, 0.2) is 5.78 Å². The van der Waals surface area contributed by atoms with Crippen LogP contribution < -0.4 is 10.1 Å². The molecule has 0 saturated heterocycles. The molecule has 3 rings (SSSR count). The highest BCUT2D eigenvalue weighted by Gasteiger charge is 2.24. The highest BCUT2D eigenvalue weighted by molar-refractivity contribution is 6.03. The summed E-state index contributed by atoms with van der Waals surface area (Å²) in [6.07, 6.45) is 0.491. The van der Waals surface area contributed by atoms with Crippen molar-refractivity contribution in [1.82, 2.24) is 0 Å². The molecule has 0 saturated carbocycles. The second-order valence-electron chi connectivity index (χ2n) is 4.87. The smallest absolute Gasteiger partial charge is 0.167 e. The minimum absolute atomic E-state index is 0.0353. The van der Waals surface area contributed by atoms with Gasteiger partial charge in [-0.15, -0.1) is 0 Å². The molecule has 102 valence electrons. The van der Waals surface area contributed by atoms with Crippen molar-refractivity contribution in [2.45, 2.75) is 19.4 Å². The zero-order chi connectivity index (χ0) is 13.9. The van der Waals surface area contributed by atoms with E-state index in [0.717, 1.165) is 22.6 Å². The Morgan fingerprint density at radius 2 is 1.90 bits per heavy atom. The van der Waals surface area contributed by atoms with E-state index in [1.54, 1.807) is 0 Å². The summed E-state index contributed by atoms with van der Waals surface area (Å²) < 4.78 is 5.44. The lowest BCUT2D eigenvalue weighted by molar-refractivity contribution is 0.0972. The second kappa shape index (κ2) is 5.37. The largest absolute Gasteiger partial charge is 0.494 e. The Labute approximate surface area is 118 Å². The van der Waals surface area contributed by atoms with Crippen LogP contribution in [-0.2, 0) is 0 Å². The van der Waals surface area contributed by atoms with Crippen LogP contribution in [0.25, 0.3) is 0 Å². The fraction of sp³-hybridized carbons (Fsp3) is 0.235. The quantitative estimate of drug-likeness (QED) is 0.918. The molecule has 1 heterocycles. The number of nitrogens with one attached hydrogen (secondary N) is 1. The SMILES string of the molecule is CCOc1ccc(C2CC(=O)c3ccccc3N2)cc1. The molecule has 0 radical (unpaired) electrons. The van der Waals surface area contributed by atoms with Gasteiger partial charge in [-0.2, -0.15) is 0 Å². The number of rotatable bonds is 3. The van der Waals surface area contributed by atoms with E-state index in [1.807, 2.05) is 55.5 Å². The molecule has 0 spiro atoms. The zero-order valence-corrected chi connectivity index (χ0v) is 11.4. The van der Waals surface area contributed by atoms with Crippen molar-refractivity contribution in [1.29, 1.82) is 0 Å². The highest BCUT2D eigenvalue weighted by Crippen LogP contribution is 2.32. The Morgan fingerprint density at radius 1 is 1.15 bits per heavy atom. The normalized spacial score (nSPS) is 17.2. The summed E-state index contributed by atoms with van der Waals surface area (Å²) in [6, 6.07) is 15.6. The maximum Gasteiger partial charge on any atom is 0.167 e. The first-order valence-electron chi connectivity index (χ1n) is 6.89. The van der Waals surface area contributed by atoms with Gasteiger partial charge in [-0.3, -0.25) is 4.79 Å². The summed E-state index contributed by atoms with van der Waals surface area (Å²) in [7, 11) is 0. The van der Waals surface area contributed by atoms with Gasteiger partial charge in [0.1, 0.15) is 5.75 Å². The first-order valence-corrected chi connectivity index (χ1v) is 6.89. The van der Waals surface area contributed by atoms with E-state index in [2.05, 4.69) is 5.32 Å². The number of fused-ring (bicyclic) bond motifs is 1. The third-order valence-corrected chi connectivity index (χ3v) is 3.54. The number of hydrogen-bond donors (Lipinski definition) is 1. The van der Waals surface area contributed by atoms with Crippen LogP contribution in [0.2, 0.25) is 0 Å².